The number of likely N-dealkylation sites (tertiary alicyclic amines) is 1. The highest BCUT2D eigenvalue weighted by atomic mass is 16.7. The van der Waals surface area contributed by atoms with Crippen LogP contribution in [0.3, 0.4) is 0 Å². The number of piperidine rings is 1. The van der Waals surface area contributed by atoms with Gasteiger partial charge in [-0.1, -0.05) is 12.2 Å². The molecular formula is C29H35N3O8. The van der Waals surface area contributed by atoms with E-state index in [1.807, 2.05) is 20.8 Å². The van der Waals surface area contributed by atoms with E-state index >= 15 is 0 Å². The van der Waals surface area contributed by atoms with E-state index in [2.05, 4.69) is 6.07 Å². The average Bonchev–Trinajstić information content (AvgIpc) is 2.90. The molecule has 2 aromatic carbocycles. The zero-order valence-electron chi connectivity index (χ0n) is 23.2. The molecule has 3 rings (SSSR count). The van der Waals surface area contributed by atoms with Gasteiger partial charge in [0.1, 0.15) is 23.2 Å². The average molecular weight is 554 g/mol. The van der Waals surface area contributed by atoms with Crippen molar-refractivity contribution in [2.45, 2.75) is 57.8 Å². The van der Waals surface area contributed by atoms with E-state index in [0.717, 1.165) is 0 Å². The number of amides is 1. The minimum atomic E-state index is -1.06. The number of hydrogen-bond acceptors (Lipinski definition) is 9. The van der Waals surface area contributed by atoms with Crippen molar-refractivity contribution in [2.75, 3.05) is 27.0 Å². The molecule has 1 aliphatic heterocycles. The first-order valence-electron chi connectivity index (χ1n) is 12.9. The summed E-state index contributed by atoms with van der Waals surface area (Å²) in [5.41, 5.74) is 0.582. The predicted molar refractivity (Wildman–Crippen MR) is 147 cm³/mol. The van der Waals surface area contributed by atoms with Gasteiger partial charge in [0, 0.05) is 56.7 Å². The molecule has 0 bridgehead atoms. The zero-order chi connectivity index (χ0) is 29.3. The van der Waals surface area contributed by atoms with Crippen molar-refractivity contribution in [1.82, 2.24) is 4.90 Å². The van der Waals surface area contributed by atoms with Crippen molar-refractivity contribution in [3.63, 3.8) is 0 Å². The Bertz CT molecular complexity index is 1260. The Morgan fingerprint density at radius 3 is 2.60 bits per heavy atom. The number of aliphatic hydroxyl groups is 1. The van der Waals surface area contributed by atoms with Gasteiger partial charge in [-0.05, 0) is 51.1 Å². The smallest absolute Gasteiger partial charge is 0.410 e. The summed E-state index contributed by atoms with van der Waals surface area (Å²) in [6, 6.07) is 11.4. The third-order valence-corrected chi connectivity index (χ3v) is 6.04. The van der Waals surface area contributed by atoms with Crippen LogP contribution < -0.4 is 9.47 Å². The summed E-state index contributed by atoms with van der Waals surface area (Å²) in [4.78, 5) is 25.1. The Hall–Kier alpha value is -4.14. The highest BCUT2D eigenvalue weighted by Crippen LogP contribution is 2.29. The van der Waals surface area contributed by atoms with Crippen LogP contribution in [0.25, 0.3) is 6.08 Å². The Kier molecular flexibility index (Phi) is 10.5. The second-order valence-electron chi connectivity index (χ2n) is 10.4. The summed E-state index contributed by atoms with van der Waals surface area (Å²) in [7, 11) is 1.49. The van der Waals surface area contributed by atoms with Gasteiger partial charge in [-0.3, -0.25) is 10.1 Å². The van der Waals surface area contributed by atoms with E-state index < -0.39 is 16.6 Å². The van der Waals surface area contributed by atoms with Crippen LogP contribution in [0.1, 0.15) is 50.3 Å². The van der Waals surface area contributed by atoms with Crippen LogP contribution in [0.2, 0.25) is 0 Å². The number of nitrogens with zero attached hydrogens (tertiary/aromatic N) is 3. The van der Waals surface area contributed by atoms with Crippen LogP contribution in [0.5, 0.6) is 11.5 Å². The fraction of sp³-hybridized carbons (Fsp3) is 0.448. The maximum Gasteiger partial charge on any atom is 0.410 e. The van der Waals surface area contributed by atoms with Crippen molar-refractivity contribution in [2.24, 2.45) is 0 Å². The molecule has 1 unspecified atom stereocenters. The van der Waals surface area contributed by atoms with Crippen molar-refractivity contribution < 1.29 is 33.8 Å². The van der Waals surface area contributed by atoms with Crippen LogP contribution in [-0.2, 0) is 15.9 Å². The van der Waals surface area contributed by atoms with E-state index in [4.69, 9.17) is 18.9 Å². The summed E-state index contributed by atoms with van der Waals surface area (Å²) in [5, 5.41) is 31.6. The number of methoxy groups -OCH3 is 1. The van der Waals surface area contributed by atoms with E-state index in [9.17, 15) is 25.3 Å². The predicted octanol–water partition coefficient (Wildman–Crippen LogP) is 4.84. The van der Waals surface area contributed by atoms with E-state index in [-0.39, 0.29) is 31.1 Å². The van der Waals surface area contributed by atoms with Crippen LogP contribution in [0.15, 0.2) is 42.5 Å². The maximum atomic E-state index is 12.3. The first-order chi connectivity index (χ1) is 19.0. The third kappa shape index (κ3) is 8.97. The third-order valence-electron chi connectivity index (χ3n) is 6.04. The fourth-order valence-corrected chi connectivity index (χ4v) is 4.16. The number of nitro groups is 1. The molecule has 11 heteroatoms. The summed E-state index contributed by atoms with van der Waals surface area (Å²) in [6.45, 7) is 6.42. The molecule has 1 heterocycles. The molecule has 11 nitrogen and oxygen atoms in total. The van der Waals surface area contributed by atoms with Crippen LogP contribution in [0.4, 0.5) is 10.5 Å². The molecule has 1 saturated heterocycles. The molecule has 1 N–H and O–H groups in total. The molecule has 214 valence electrons. The molecule has 0 spiro atoms. The van der Waals surface area contributed by atoms with Gasteiger partial charge < -0.3 is 29.0 Å². The second kappa shape index (κ2) is 13.8. The summed E-state index contributed by atoms with van der Waals surface area (Å²) < 4.78 is 22.0. The molecule has 1 aliphatic rings. The van der Waals surface area contributed by atoms with Crippen LogP contribution in [0, 0.1) is 21.4 Å². The number of nitro benzene ring substituents is 1. The molecule has 0 aliphatic carbocycles. The van der Waals surface area contributed by atoms with Gasteiger partial charge in [-0.25, -0.2) is 4.79 Å². The second-order valence-corrected chi connectivity index (χ2v) is 10.4. The van der Waals surface area contributed by atoms with Gasteiger partial charge in [0.05, 0.1) is 22.7 Å². The minimum absolute atomic E-state index is 0.00824. The Morgan fingerprint density at radius 2 is 1.98 bits per heavy atom. The van der Waals surface area contributed by atoms with Crippen molar-refractivity contribution >= 4 is 17.9 Å². The quantitative estimate of drug-likeness (QED) is 0.248. The Morgan fingerprint density at radius 1 is 1.25 bits per heavy atom. The number of carbonyl (C=O) groups is 1. The fourth-order valence-electron chi connectivity index (χ4n) is 4.16. The first kappa shape index (κ1) is 30.4. The zero-order valence-corrected chi connectivity index (χ0v) is 23.2. The lowest BCUT2D eigenvalue weighted by atomic mass is 10.0. The largest absolute Gasteiger partial charge is 0.490 e. The monoisotopic (exact) mass is 553 g/mol. The number of aliphatic hydroxyl groups excluding tert-OH is 1. The number of ether oxygens (including phenoxy) is 4. The van der Waals surface area contributed by atoms with Gasteiger partial charge in [0.15, 0.2) is 6.79 Å². The highest BCUT2D eigenvalue weighted by molar-refractivity contribution is 5.68. The summed E-state index contributed by atoms with van der Waals surface area (Å²) in [5.74, 6) is 0.910. The SMILES string of the molecule is COCOc1ccc(C#N)cc1/C=C/C(O)Cc1cc(OC2CCN(C(=O)OC(C)(C)C)CC2)ccc1[N+](=O)[O-]. The first-order valence-corrected chi connectivity index (χ1v) is 12.9. The molecular weight excluding hydrogens is 518 g/mol. The van der Waals surface area contributed by atoms with E-state index in [1.165, 1.54) is 25.3 Å². The van der Waals surface area contributed by atoms with Gasteiger partial charge in [0.2, 0.25) is 0 Å². The van der Waals surface area contributed by atoms with Crippen molar-refractivity contribution in [3.05, 3.63) is 69.3 Å². The highest BCUT2D eigenvalue weighted by Gasteiger charge is 2.28. The molecule has 1 fully saturated rings. The number of hydrogen-bond donors (Lipinski definition) is 1. The van der Waals surface area contributed by atoms with E-state index in [1.54, 1.807) is 35.2 Å². The number of carbonyl (C=O) groups excluding carboxylic acids is 1. The lowest BCUT2D eigenvalue weighted by molar-refractivity contribution is -0.385. The molecule has 1 amide bonds. The number of rotatable bonds is 10. The Balaban J connectivity index is 1.68. The van der Waals surface area contributed by atoms with Crippen LogP contribution >= 0.6 is 0 Å². The van der Waals surface area contributed by atoms with E-state index in [0.29, 0.717) is 54.1 Å². The molecule has 2 aromatic rings. The normalized spacial score (nSPS) is 14.9. The summed E-state index contributed by atoms with van der Waals surface area (Å²) in [6.07, 6.45) is 2.64. The van der Waals surface area contributed by atoms with Gasteiger partial charge in [-0.2, -0.15) is 5.26 Å². The molecule has 0 radical (unpaired) electrons. The summed E-state index contributed by atoms with van der Waals surface area (Å²) >= 11 is 0. The molecule has 1 atom stereocenters. The number of benzene rings is 2. The minimum Gasteiger partial charge on any atom is -0.490 e. The Labute approximate surface area is 233 Å². The standard InChI is InChI=1S/C29H35N3O8/c1-29(2,3)40-28(34)31-13-11-24(12-14-31)39-25-8-9-26(32(35)36)22(17-25)16-23(33)7-6-21-15-20(18-30)5-10-27(21)38-19-37-4/h5-10,15,17,23-24,33H,11-14,16,19H2,1-4H3/b7-6+. The maximum absolute atomic E-state index is 12.3. The van der Waals surface area contributed by atoms with Crippen LogP contribution in [-0.4, -0.2) is 65.8 Å². The van der Waals surface area contributed by atoms with Crippen molar-refractivity contribution in [1.29, 1.82) is 5.26 Å². The topological polar surface area (TPSA) is 144 Å². The van der Waals surface area contributed by atoms with Gasteiger partial charge in [0.25, 0.3) is 5.69 Å². The molecule has 40 heavy (non-hydrogen) atoms. The lowest BCUT2D eigenvalue weighted by Crippen LogP contribution is -2.44. The molecule has 0 saturated carbocycles. The molecule has 0 aromatic heterocycles. The number of nitriles is 1. The lowest BCUT2D eigenvalue weighted by Gasteiger charge is -2.33. The van der Waals surface area contributed by atoms with Gasteiger partial charge >= 0.3 is 6.09 Å². The van der Waals surface area contributed by atoms with Crippen molar-refractivity contribution in [3.8, 4) is 17.6 Å². The van der Waals surface area contributed by atoms with Gasteiger partial charge in [-0.15, -0.1) is 0 Å².